The van der Waals surface area contributed by atoms with E-state index in [1.54, 1.807) is 12.5 Å². The minimum atomic E-state index is -0.500. The molecule has 2 aromatic rings. The van der Waals surface area contributed by atoms with Gasteiger partial charge in [-0.15, -0.1) is 0 Å². The second-order valence-electron chi connectivity index (χ2n) is 11.2. The molecule has 1 aromatic carbocycles. The highest BCUT2D eigenvalue weighted by Gasteiger charge is 2.55. The van der Waals surface area contributed by atoms with E-state index in [-0.39, 0.29) is 23.1 Å². The van der Waals surface area contributed by atoms with Crippen LogP contribution in [0.25, 0.3) is 0 Å². The molecule has 6 rings (SSSR count). The Bertz CT molecular complexity index is 962. The third kappa shape index (κ3) is 4.71. The predicted molar refractivity (Wildman–Crippen MR) is 127 cm³/mol. The van der Waals surface area contributed by atoms with Crippen LogP contribution in [0.2, 0.25) is 0 Å². The second kappa shape index (κ2) is 8.96. The number of hydrogen-bond donors (Lipinski definition) is 2. The van der Waals surface area contributed by atoms with E-state index in [1.807, 2.05) is 36.7 Å². The summed E-state index contributed by atoms with van der Waals surface area (Å²) in [6, 6.07) is 7.73. The number of imidazole rings is 1. The summed E-state index contributed by atoms with van der Waals surface area (Å²) in [7, 11) is 0. The van der Waals surface area contributed by atoms with Gasteiger partial charge in [-0.25, -0.2) is 4.98 Å². The van der Waals surface area contributed by atoms with Gasteiger partial charge < -0.3 is 15.2 Å². The van der Waals surface area contributed by atoms with Crippen LogP contribution in [0.3, 0.4) is 0 Å². The first-order valence-electron chi connectivity index (χ1n) is 12.5. The summed E-state index contributed by atoms with van der Waals surface area (Å²) in [6.07, 6.45) is 12.5. The van der Waals surface area contributed by atoms with Gasteiger partial charge in [0.2, 0.25) is 11.8 Å². The maximum Gasteiger partial charge on any atom is 0.243 e. The van der Waals surface area contributed by atoms with Crippen molar-refractivity contribution in [2.45, 2.75) is 71.5 Å². The van der Waals surface area contributed by atoms with Gasteiger partial charge in [0.25, 0.3) is 0 Å². The smallest absolute Gasteiger partial charge is 0.243 e. The maximum absolute atomic E-state index is 13.5. The normalized spacial score (nSPS) is 28.6. The summed E-state index contributed by atoms with van der Waals surface area (Å²) in [5.74, 6) is 2.20. The van der Waals surface area contributed by atoms with Gasteiger partial charge in [0, 0.05) is 30.9 Å². The standard InChI is InChI=1S/C27H36N4O2/c1-18(2)24(30-26(33)27-12-21-9-22(13-27)11-23(10-21)14-27)25(32)29-15-19-4-3-5-20(8-19)16-31-7-6-28-17-31/h3-8,17-18,21-24H,9-16H2,1-2H3,(H,29,32)(H,30,33)/t21?,22?,23?,24-,27?/m0/s1. The van der Waals surface area contributed by atoms with Crippen molar-refractivity contribution in [3.8, 4) is 0 Å². The van der Waals surface area contributed by atoms with Crippen LogP contribution >= 0.6 is 0 Å². The highest BCUT2D eigenvalue weighted by Crippen LogP contribution is 2.60. The Morgan fingerprint density at radius 3 is 2.36 bits per heavy atom. The average molecular weight is 449 g/mol. The summed E-state index contributed by atoms with van der Waals surface area (Å²) in [6.45, 7) is 5.22. The van der Waals surface area contributed by atoms with Gasteiger partial charge in [-0.05, 0) is 73.3 Å². The molecule has 1 heterocycles. The number of carbonyl (C=O) groups excluding carboxylic acids is 2. The fourth-order valence-corrected chi connectivity index (χ4v) is 6.95. The molecule has 4 saturated carbocycles. The molecule has 4 bridgehead atoms. The molecular weight excluding hydrogens is 412 g/mol. The minimum Gasteiger partial charge on any atom is -0.350 e. The van der Waals surface area contributed by atoms with E-state index in [1.165, 1.54) is 19.3 Å². The highest BCUT2D eigenvalue weighted by atomic mass is 16.2. The highest BCUT2D eigenvalue weighted by molar-refractivity contribution is 5.90. The van der Waals surface area contributed by atoms with Crippen LogP contribution in [-0.2, 0) is 22.7 Å². The van der Waals surface area contributed by atoms with Crippen LogP contribution in [0.1, 0.15) is 63.5 Å². The molecule has 1 atom stereocenters. The lowest BCUT2D eigenvalue weighted by Gasteiger charge is -2.55. The van der Waals surface area contributed by atoms with E-state index in [2.05, 4.69) is 27.8 Å². The van der Waals surface area contributed by atoms with Gasteiger partial charge in [0.15, 0.2) is 0 Å². The van der Waals surface area contributed by atoms with E-state index in [4.69, 9.17) is 0 Å². The summed E-state index contributed by atoms with van der Waals surface area (Å²) < 4.78 is 2.02. The number of nitrogens with zero attached hydrogens (tertiary/aromatic N) is 2. The lowest BCUT2D eigenvalue weighted by molar-refractivity contribution is -0.149. The van der Waals surface area contributed by atoms with Crippen LogP contribution in [0.5, 0.6) is 0 Å². The van der Waals surface area contributed by atoms with Crippen molar-refractivity contribution in [3.63, 3.8) is 0 Å². The molecule has 6 nitrogen and oxygen atoms in total. The number of aromatic nitrogens is 2. The Morgan fingerprint density at radius 1 is 1.09 bits per heavy atom. The fraction of sp³-hybridized carbons (Fsp3) is 0.593. The number of carbonyl (C=O) groups is 2. The molecule has 0 radical (unpaired) electrons. The van der Waals surface area contributed by atoms with Gasteiger partial charge >= 0.3 is 0 Å². The van der Waals surface area contributed by atoms with Crippen LogP contribution in [0, 0.1) is 29.1 Å². The Balaban J connectivity index is 1.20. The fourth-order valence-electron chi connectivity index (χ4n) is 6.95. The summed E-state index contributed by atoms with van der Waals surface area (Å²) in [5.41, 5.74) is 1.98. The Labute approximate surface area is 196 Å². The summed E-state index contributed by atoms with van der Waals surface area (Å²) >= 11 is 0. The molecule has 6 heteroatoms. The molecule has 0 spiro atoms. The number of amides is 2. The van der Waals surface area contributed by atoms with Gasteiger partial charge in [0.1, 0.15) is 6.04 Å². The topological polar surface area (TPSA) is 76.0 Å². The number of hydrogen-bond acceptors (Lipinski definition) is 3. The molecule has 4 aliphatic carbocycles. The molecule has 0 aliphatic heterocycles. The second-order valence-corrected chi connectivity index (χ2v) is 11.2. The molecule has 33 heavy (non-hydrogen) atoms. The molecule has 2 N–H and O–H groups in total. The van der Waals surface area contributed by atoms with Crippen molar-refractivity contribution in [3.05, 3.63) is 54.1 Å². The van der Waals surface area contributed by atoms with Crippen LogP contribution in [-0.4, -0.2) is 27.4 Å². The quantitative estimate of drug-likeness (QED) is 0.643. The van der Waals surface area contributed by atoms with Crippen LogP contribution < -0.4 is 10.6 Å². The molecule has 0 unspecified atom stereocenters. The van der Waals surface area contributed by atoms with E-state index in [9.17, 15) is 9.59 Å². The predicted octanol–water partition coefficient (Wildman–Crippen LogP) is 3.90. The van der Waals surface area contributed by atoms with E-state index in [0.29, 0.717) is 24.3 Å². The third-order valence-electron chi connectivity index (χ3n) is 8.14. The molecule has 1 aromatic heterocycles. The van der Waals surface area contributed by atoms with E-state index < -0.39 is 6.04 Å². The summed E-state index contributed by atoms with van der Waals surface area (Å²) in [4.78, 5) is 30.7. The monoisotopic (exact) mass is 448 g/mol. The largest absolute Gasteiger partial charge is 0.350 e. The molecule has 2 amide bonds. The zero-order chi connectivity index (χ0) is 23.0. The van der Waals surface area contributed by atoms with Crippen LogP contribution in [0.15, 0.2) is 43.0 Å². The van der Waals surface area contributed by atoms with Crippen molar-refractivity contribution < 1.29 is 9.59 Å². The zero-order valence-electron chi connectivity index (χ0n) is 19.8. The molecule has 4 aliphatic rings. The number of rotatable bonds is 8. The van der Waals surface area contributed by atoms with Crippen molar-refractivity contribution in [2.24, 2.45) is 29.1 Å². The van der Waals surface area contributed by atoms with Gasteiger partial charge in [0.05, 0.1) is 6.33 Å². The van der Waals surface area contributed by atoms with E-state index in [0.717, 1.165) is 36.9 Å². The summed E-state index contributed by atoms with van der Waals surface area (Å²) in [5, 5.41) is 6.26. The number of benzene rings is 1. The van der Waals surface area contributed by atoms with Crippen molar-refractivity contribution in [1.29, 1.82) is 0 Å². The van der Waals surface area contributed by atoms with Gasteiger partial charge in [-0.2, -0.15) is 0 Å². The average Bonchev–Trinajstić information content (AvgIpc) is 3.28. The zero-order valence-corrected chi connectivity index (χ0v) is 19.8. The van der Waals surface area contributed by atoms with Gasteiger partial charge in [-0.3, -0.25) is 9.59 Å². The molecule has 176 valence electrons. The molecule has 0 saturated heterocycles. The van der Waals surface area contributed by atoms with Crippen LogP contribution in [0.4, 0.5) is 0 Å². The first-order valence-corrected chi connectivity index (χ1v) is 12.5. The number of nitrogens with one attached hydrogen (secondary N) is 2. The van der Waals surface area contributed by atoms with E-state index >= 15 is 0 Å². The SMILES string of the molecule is CC(C)[C@H](NC(=O)C12CC3CC(CC(C3)C1)C2)C(=O)NCc1cccc(Cn2ccnc2)c1. The lowest BCUT2D eigenvalue weighted by Crippen LogP contribution is -2.58. The Kier molecular flexibility index (Phi) is 6.02. The molecular formula is C27H36N4O2. The first-order chi connectivity index (χ1) is 15.9. The molecule has 4 fully saturated rings. The third-order valence-corrected chi connectivity index (χ3v) is 8.14. The Hall–Kier alpha value is -2.63. The minimum absolute atomic E-state index is 0.0374. The van der Waals surface area contributed by atoms with Crippen molar-refractivity contribution >= 4 is 11.8 Å². The lowest BCUT2D eigenvalue weighted by atomic mass is 9.49. The van der Waals surface area contributed by atoms with Crippen molar-refractivity contribution in [1.82, 2.24) is 20.2 Å². The van der Waals surface area contributed by atoms with Crippen molar-refractivity contribution in [2.75, 3.05) is 0 Å². The maximum atomic E-state index is 13.5. The first kappa shape index (κ1) is 22.2. The Morgan fingerprint density at radius 2 is 1.76 bits per heavy atom. The van der Waals surface area contributed by atoms with Gasteiger partial charge in [-0.1, -0.05) is 38.1 Å².